The fraction of sp³-hybridized carbons (Fsp3) is 0.154. The van der Waals surface area contributed by atoms with Gasteiger partial charge in [-0.05, 0) is 45.7 Å². The van der Waals surface area contributed by atoms with E-state index in [2.05, 4.69) is 30.9 Å². The Morgan fingerprint density at radius 2 is 2.10 bits per heavy atom. The first-order valence-electron chi connectivity index (χ1n) is 5.78. The summed E-state index contributed by atoms with van der Waals surface area (Å²) in [6, 6.07) is 5.70. The third-order valence-electron chi connectivity index (χ3n) is 2.96. The van der Waals surface area contributed by atoms with E-state index >= 15 is 0 Å². The van der Waals surface area contributed by atoms with E-state index in [0.717, 1.165) is 15.8 Å². The van der Waals surface area contributed by atoms with Crippen molar-refractivity contribution in [3.05, 3.63) is 34.3 Å². The van der Waals surface area contributed by atoms with Crippen molar-refractivity contribution in [3.63, 3.8) is 0 Å². The summed E-state index contributed by atoms with van der Waals surface area (Å²) in [6.45, 7) is 0. The van der Waals surface area contributed by atoms with Crippen LogP contribution in [0.3, 0.4) is 0 Å². The van der Waals surface area contributed by atoms with Gasteiger partial charge in [0.25, 0.3) is 0 Å². The van der Waals surface area contributed by atoms with Crippen LogP contribution in [0.15, 0.2) is 29.0 Å². The highest BCUT2D eigenvalue weighted by atomic mass is 79.9. The molecule has 0 bridgehead atoms. The van der Waals surface area contributed by atoms with Crippen LogP contribution in [0.2, 0.25) is 5.28 Å². The highest BCUT2D eigenvalue weighted by Crippen LogP contribution is 2.32. The number of hydrogen-bond acceptors (Lipinski definition) is 4. The molecule has 7 heteroatoms. The first kappa shape index (κ1) is 13.3. The molecule has 0 atom stereocenters. The van der Waals surface area contributed by atoms with E-state index in [0.29, 0.717) is 16.9 Å². The summed E-state index contributed by atoms with van der Waals surface area (Å²) in [5.74, 6) is 0.756. The standard InChI is InChI=1S/C13H10BrClN4O/c1-19-6-16-11-10(17-13(15)18-12(11)19)7-3-4-9(20-2)8(14)5-7/h3-6H,1-2H3. The molecule has 0 saturated carbocycles. The van der Waals surface area contributed by atoms with E-state index in [4.69, 9.17) is 16.3 Å². The number of aromatic nitrogens is 4. The van der Waals surface area contributed by atoms with Gasteiger partial charge in [0.05, 0.1) is 17.9 Å². The second kappa shape index (κ2) is 5.03. The number of benzene rings is 1. The molecule has 0 radical (unpaired) electrons. The van der Waals surface area contributed by atoms with Gasteiger partial charge in [-0.1, -0.05) is 0 Å². The highest BCUT2D eigenvalue weighted by molar-refractivity contribution is 9.10. The Labute approximate surface area is 128 Å². The van der Waals surface area contributed by atoms with Gasteiger partial charge < -0.3 is 9.30 Å². The summed E-state index contributed by atoms with van der Waals surface area (Å²) in [5.41, 5.74) is 3.01. The lowest BCUT2D eigenvalue weighted by molar-refractivity contribution is 0.412. The fourth-order valence-electron chi connectivity index (χ4n) is 2.00. The minimum absolute atomic E-state index is 0.197. The van der Waals surface area contributed by atoms with E-state index in [1.807, 2.05) is 29.8 Å². The third-order valence-corrected chi connectivity index (χ3v) is 3.75. The zero-order valence-corrected chi connectivity index (χ0v) is 13.1. The largest absolute Gasteiger partial charge is 0.496 e. The molecule has 20 heavy (non-hydrogen) atoms. The lowest BCUT2D eigenvalue weighted by Crippen LogP contribution is -1.94. The van der Waals surface area contributed by atoms with Gasteiger partial charge in [0.1, 0.15) is 17.0 Å². The van der Waals surface area contributed by atoms with Crippen LogP contribution < -0.4 is 4.74 Å². The van der Waals surface area contributed by atoms with E-state index in [9.17, 15) is 0 Å². The monoisotopic (exact) mass is 352 g/mol. The summed E-state index contributed by atoms with van der Waals surface area (Å²) < 4.78 is 7.88. The molecular formula is C13H10BrClN4O. The van der Waals surface area contributed by atoms with Crippen LogP contribution >= 0.6 is 27.5 Å². The van der Waals surface area contributed by atoms with E-state index in [-0.39, 0.29) is 5.28 Å². The number of hydrogen-bond donors (Lipinski definition) is 0. The molecule has 2 aromatic heterocycles. The number of aryl methyl sites for hydroxylation is 1. The van der Waals surface area contributed by atoms with Crippen molar-refractivity contribution >= 4 is 38.7 Å². The molecule has 5 nitrogen and oxygen atoms in total. The number of halogens is 2. The minimum atomic E-state index is 0.197. The zero-order valence-electron chi connectivity index (χ0n) is 10.8. The van der Waals surface area contributed by atoms with Gasteiger partial charge in [0.2, 0.25) is 5.28 Å². The maximum absolute atomic E-state index is 6.00. The summed E-state index contributed by atoms with van der Waals surface area (Å²) in [6.07, 6.45) is 1.69. The Balaban J connectivity index is 2.26. The van der Waals surface area contributed by atoms with Crippen molar-refractivity contribution in [1.82, 2.24) is 19.5 Å². The van der Waals surface area contributed by atoms with Gasteiger partial charge in [-0.25, -0.2) is 9.97 Å². The molecule has 0 spiro atoms. The molecule has 102 valence electrons. The number of ether oxygens (including phenoxy) is 1. The van der Waals surface area contributed by atoms with E-state index in [1.165, 1.54) is 0 Å². The zero-order chi connectivity index (χ0) is 14.3. The van der Waals surface area contributed by atoms with Crippen molar-refractivity contribution in [1.29, 1.82) is 0 Å². The molecule has 3 aromatic rings. The van der Waals surface area contributed by atoms with Crippen LogP contribution in [0.1, 0.15) is 0 Å². The lowest BCUT2D eigenvalue weighted by atomic mass is 10.1. The number of nitrogens with zero attached hydrogens (tertiary/aromatic N) is 4. The molecule has 1 aromatic carbocycles. The molecule has 2 heterocycles. The maximum Gasteiger partial charge on any atom is 0.225 e. The molecule has 0 saturated heterocycles. The minimum Gasteiger partial charge on any atom is -0.496 e. The normalized spacial score (nSPS) is 11.0. The molecule has 0 aliphatic heterocycles. The van der Waals surface area contributed by atoms with Gasteiger partial charge in [-0.15, -0.1) is 0 Å². The van der Waals surface area contributed by atoms with Gasteiger partial charge in [0.15, 0.2) is 5.65 Å². The average Bonchev–Trinajstić information content (AvgIpc) is 2.79. The van der Waals surface area contributed by atoms with Crippen molar-refractivity contribution in [2.45, 2.75) is 0 Å². The first-order valence-corrected chi connectivity index (χ1v) is 6.95. The second-order valence-corrected chi connectivity index (χ2v) is 5.41. The van der Waals surface area contributed by atoms with Crippen LogP contribution in [0.5, 0.6) is 5.75 Å². The predicted octanol–water partition coefficient (Wildman–Crippen LogP) is 3.45. The summed E-state index contributed by atoms with van der Waals surface area (Å²) in [7, 11) is 3.49. The SMILES string of the molecule is COc1ccc(-c2nc(Cl)nc3c2ncn3C)cc1Br. The first-order chi connectivity index (χ1) is 9.60. The molecule has 3 rings (SSSR count). The molecular weight excluding hydrogens is 344 g/mol. The lowest BCUT2D eigenvalue weighted by Gasteiger charge is -2.07. The van der Waals surface area contributed by atoms with Gasteiger partial charge in [0, 0.05) is 12.6 Å². The molecule has 0 aliphatic carbocycles. The number of methoxy groups -OCH3 is 1. The number of rotatable bonds is 2. The van der Waals surface area contributed by atoms with Crippen molar-refractivity contribution in [2.24, 2.45) is 7.05 Å². The summed E-state index contributed by atoms with van der Waals surface area (Å²) in [4.78, 5) is 12.8. The average molecular weight is 354 g/mol. The maximum atomic E-state index is 6.00. The number of fused-ring (bicyclic) bond motifs is 1. The molecule has 0 unspecified atom stereocenters. The molecule has 0 fully saturated rings. The Kier molecular flexibility index (Phi) is 3.35. The van der Waals surface area contributed by atoms with Gasteiger partial charge >= 0.3 is 0 Å². The van der Waals surface area contributed by atoms with E-state index in [1.54, 1.807) is 13.4 Å². The molecule has 0 aliphatic rings. The quantitative estimate of drug-likeness (QED) is 0.662. The second-order valence-electron chi connectivity index (χ2n) is 4.22. The topological polar surface area (TPSA) is 52.8 Å². The Bertz CT molecular complexity index is 802. The van der Waals surface area contributed by atoms with Crippen LogP contribution in [0, 0.1) is 0 Å². The van der Waals surface area contributed by atoms with Crippen LogP contribution in [-0.4, -0.2) is 26.6 Å². The number of imidazole rings is 1. The van der Waals surface area contributed by atoms with Crippen LogP contribution in [-0.2, 0) is 7.05 Å². The smallest absolute Gasteiger partial charge is 0.225 e. The van der Waals surface area contributed by atoms with Crippen LogP contribution in [0.25, 0.3) is 22.4 Å². The Morgan fingerprint density at radius 3 is 2.80 bits per heavy atom. The van der Waals surface area contributed by atoms with Crippen LogP contribution in [0.4, 0.5) is 0 Å². The van der Waals surface area contributed by atoms with Crippen molar-refractivity contribution < 1.29 is 4.74 Å². The van der Waals surface area contributed by atoms with Crippen molar-refractivity contribution in [3.8, 4) is 17.0 Å². The van der Waals surface area contributed by atoms with Crippen molar-refractivity contribution in [2.75, 3.05) is 7.11 Å². The summed E-state index contributed by atoms with van der Waals surface area (Å²) in [5, 5.41) is 0.197. The fourth-order valence-corrected chi connectivity index (χ4v) is 2.70. The highest BCUT2D eigenvalue weighted by Gasteiger charge is 2.14. The van der Waals surface area contributed by atoms with Gasteiger partial charge in [-0.2, -0.15) is 4.98 Å². The third kappa shape index (κ3) is 2.14. The molecule has 0 amide bonds. The predicted molar refractivity (Wildman–Crippen MR) is 81.0 cm³/mol. The molecule has 0 N–H and O–H groups in total. The Morgan fingerprint density at radius 1 is 1.30 bits per heavy atom. The van der Waals surface area contributed by atoms with E-state index < -0.39 is 0 Å². The van der Waals surface area contributed by atoms with Gasteiger partial charge in [-0.3, -0.25) is 0 Å². The summed E-state index contributed by atoms with van der Waals surface area (Å²) >= 11 is 9.47. The Hall–Kier alpha value is -1.66.